The van der Waals surface area contributed by atoms with E-state index in [1.807, 2.05) is 6.92 Å². The monoisotopic (exact) mass is 201 g/mol. The Bertz CT molecular complexity index is 206. The first kappa shape index (κ1) is 12.9. The Morgan fingerprint density at radius 1 is 1.21 bits per heavy atom. The highest BCUT2D eigenvalue weighted by Gasteiger charge is 2.19. The number of carbonyl (C=O) groups is 2. The van der Waals surface area contributed by atoms with E-state index in [4.69, 9.17) is 0 Å². The summed E-state index contributed by atoms with van der Waals surface area (Å²) in [4.78, 5) is 22.7. The minimum absolute atomic E-state index is 0.163. The van der Waals surface area contributed by atoms with Crippen molar-refractivity contribution in [3.8, 4) is 0 Å². The molecule has 2 atom stereocenters. The van der Waals surface area contributed by atoms with E-state index >= 15 is 0 Å². The average molecular weight is 201 g/mol. The van der Waals surface area contributed by atoms with Gasteiger partial charge in [-0.2, -0.15) is 0 Å². The smallest absolute Gasteiger partial charge is 0.242 e. The number of likely N-dealkylation sites (N-methyl/N-ethyl adjacent to an activating group) is 2. The van der Waals surface area contributed by atoms with Gasteiger partial charge in [-0.25, -0.2) is 0 Å². The predicted molar refractivity (Wildman–Crippen MR) is 54.8 cm³/mol. The van der Waals surface area contributed by atoms with Crippen LogP contribution in [0.15, 0.2) is 0 Å². The van der Waals surface area contributed by atoms with E-state index in [0.717, 1.165) is 0 Å². The maximum absolute atomic E-state index is 11.4. The van der Waals surface area contributed by atoms with E-state index in [2.05, 4.69) is 16.0 Å². The summed E-state index contributed by atoms with van der Waals surface area (Å²) in [5, 5.41) is 7.97. The molecular formula is C9H19N3O2. The van der Waals surface area contributed by atoms with Gasteiger partial charge in [0.15, 0.2) is 0 Å². The summed E-state index contributed by atoms with van der Waals surface area (Å²) >= 11 is 0. The van der Waals surface area contributed by atoms with Gasteiger partial charge in [-0.15, -0.1) is 0 Å². The lowest BCUT2D eigenvalue weighted by molar-refractivity contribution is -0.129. The van der Waals surface area contributed by atoms with Gasteiger partial charge in [0.2, 0.25) is 11.8 Å². The van der Waals surface area contributed by atoms with Crippen LogP contribution in [0.25, 0.3) is 0 Å². The van der Waals surface area contributed by atoms with E-state index in [1.165, 1.54) is 0 Å². The molecule has 5 nitrogen and oxygen atoms in total. The maximum atomic E-state index is 11.4. The molecule has 0 aromatic rings. The van der Waals surface area contributed by atoms with Crippen molar-refractivity contribution in [1.82, 2.24) is 16.0 Å². The lowest BCUT2D eigenvalue weighted by Crippen LogP contribution is -2.50. The zero-order valence-corrected chi connectivity index (χ0v) is 9.18. The molecule has 0 aliphatic heterocycles. The molecule has 0 radical (unpaired) electrons. The third-order valence-corrected chi connectivity index (χ3v) is 2.11. The summed E-state index contributed by atoms with van der Waals surface area (Å²) in [6.45, 7) is 3.59. The molecule has 2 amide bonds. The second kappa shape index (κ2) is 6.37. The second-order valence-electron chi connectivity index (χ2n) is 3.09. The van der Waals surface area contributed by atoms with E-state index in [-0.39, 0.29) is 17.9 Å². The second-order valence-corrected chi connectivity index (χ2v) is 3.09. The highest BCUT2D eigenvalue weighted by Crippen LogP contribution is 1.92. The van der Waals surface area contributed by atoms with Crippen molar-refractivity contribution < 1.29 is 9.59 Å². The third kappa shape index (κ3) is 3.74. The predicted octanol–water partition coefficient (Wildman–Crippen LogP) is -0.765. The standard InChI is InChI=1S/C9H19N3O2/c1-5-7(9(14)11-4)12-8(13)6(2)10-3/h6-7,10H,5H2,1-4H3,(H,11,14)(H,12,13)/t6-,7-/m0/s1. The number of carbonyl (C=O) groups excluding carboxylic acids is 2. The van der Waals surface area contributed by atoms with Gasteiger partial charge >= 0.3 is 0 Å². The van der Waals surface area contributed by atoms with Gasteiger partial charge in [0.1, 0.15) is 6.04 Å². The highest BCUT2D eigenvalue weighted by molar-refractivity contribution is 5.89. The Morgan fingerprint density at radius 2 is 1.79 bits per heavy atom. The first-order valence-corrected chi connectivity index (χ1v) is 4.76. The Morgan fingerprint density at radius 3 is 2.14 bits per heavy atom. The van der Waals surface area contributed by atoms with Gasteiger partial charge in [0.25, 0.3) is 0 Å². The van der Waals surface area contributed by atoms with Crippen LogP contribution in [0.2, 0.25) is 0 Å². The molecule has 0 aliphatic rings. The Kier molecular flexibility index (Phi) is 5.87. The van der Waals surface area contributed by atoms with E-state index in [1.54, 1.807) is 21.0 Å². The minimum Gasteiger partial charge on any atom is -0.357 e. The van der Waals surface area contributed by atoms with Crippen molar-refractivity contribution in [1.29, 1.82) is 0 Å². The van der Waals surface area contributed by atoms with Crippen molar-refractivity contribution in [2.45, 2.75) is 32.4 Å². The van der Waals surface area contributed by atoms with E-state index in [0.29, 0.717) is 6.42 Å². The van der Waals surface area contributed by atoms with Crippen LogP contribution >= 0.6 is 0 Å². The number of amides is 2. The fraction of sp³-hybridized carbons (Fsp3) is 0.778. The van der Waals surface area contributed by atoms with Crippen LogP contribution < -0.4 is 16.0 Å². The summed E-state index contributed by atoms with van der Waals surface area (Å²) in [5.41, 5.74) is 0. The summed E-state index contributed by atoms with van der Waals surface area (Å²) in [6.07, 6.45) is 0.585. The molecule has 0 aromatic heterocycles. The highest BCUT2D eigenvalue weighted by atomic mass is 16.2. The lowest BCUT2D eigenvalue weighted by atomic mass is 10.2. The van der Waals surface area contributed by atoms with Crippen LogP contribution in [0.5, 0.6) is 0 Å². The molecule has 3 N–H and O–H groups in total. The zero-order chi connectivity index (χ0) is 11.1. The van der Waals surface area contributed by atoms with Crippen LogP contribution in [-0.2, 0) is 9.59 Å². The van der Waals surface area contributed by atoms with Crippen LogP contribution in [0.4, 0.5) is 0 Å². The summed E-state index contributed by atoms with van der Waals surface area (Å²) in [7, 11) is 3.25. The molecule has 0 saturated heterocycles. The molecular weight excluding hydrogens is 182 g/mol. The van der Waals surface area contributed by atoms with Gasteiger partial charge in [0.05, 0.1) is 6.04 Å². The van der Waals surface area contributed by atoms with Gasteiger partial charge < -0.3 is 16.0 Å². The summed E-state index contributed by atoms with van der Waals surface area (Å²) < 4.78 is 0. The molecule has 0 heterocycles. The summed E-state index contributed by atoms with van der Waals surface area (Å²) in [6, 6.07) is -0.725. The molecule has 14 heavy (non-hydrogen) atoms. The molecule has 0 rings (SSSR count). The number of hydrogen-bond acceptors (Lipinski definition) is 3. The lowest BCUT2D eigenvalue weighted by Gasteiger charge is -2.18. The van der Waals surface area contributed by atoms with Crippen molar-refractivity contribution in [3.05, 3.63) is 0 Å². The maximum Gasteiger partial charge on any atom is 0.242 e. The van der Waals surface area contributed by atoms with Gasteiger partial charge in [0, 0.05) is 7.05 Å². The van der Waals surface area contributed by atoms with Gasteiger partial charge in [-0.05, 0) is 20.4 Å². The minimum atomic E-state index is -0.441. The Labute approximate surface area is 84.6 Å². The molecule has 0 aliphatic carbocycles. The SMILES string of the molecule is CC[C@H](NC(=O)[C@H](C)NC)C(=O)NC. The van der Waals surface area contributed by atoms with Crippen LogP contribution in [-0.4, -0.2) is 38.0 Å². The largest absolute Gasteiger partial charge is 0.357 e. The van der Waals surface area contributed by atoms with Crippen molar-refractivity contribution in [3.63, 3.8) is 0 Å². The first-order chi connectivity index (χ1) is 6.56. The summed E-state index contributed by atoms with van der Waals surface area (Å²) in [5.74, 6) is -0.327. The molecule has 5 heteroatoms. The quantitative estimate of drug-likeness (QED) is 0.547. The van der Waals surface area contributed by atoms with Crippen molar-refractivity contribution in [2.75, 3.05) is 14.1 Å². The number of nitrogens with one attached hydrogen (secondary N) is 3. The molecule has 0 saturated carbocycles. The van der Waals surface area contributed by atoms with Gasteiger partial charge in [-0.3, -0.25) is 9.59 Å². The van der Waals surface area contributed by atoms with Crippen molar-refractivity contribution >= 4 is 11.8 Å². The molecule has 0 unspecified atom stereocenters. The Hall–Kier alpha value is -1.10. The van der Waals surface area contributed by atoms with Gasteiger partial charge in [-0.1, -0.05) is 6.92 Å². The number of hydrogen-bond donors (Lipinski definition) is 3. The molecule has 0 fully saturated rings. The van der Waals surface area contributed by atoms with Crippen LogP contribution in [0, 0.1) is 0 Å². The molecule has 82 valence electrons. The normalized spacial score (nSPS) is 14.3. The number of rotatable bonds is 5. The van der Waals surface area contributed by atoms with E-state index < -0.39 is 6.04 Å². The fourth-order valence-corrected chi connectivity index (χ4v) is 0.955. The van der Waals surface area contributed by atoms with Crippen LogP contribution in [0.1, 0.15) is 20.3 Å². The average Bonchev–Trinajstić information content (AvgIpc) is 2.22. The Balaban J connectivity index is 4.18. The first-order valence-electron chi connectivity index (χ1n) is 4.76. The fourth-order valence-electron chi connectivity index (χ4n) is 0.955. The zero-order valence-electron chi connectivity index (χ0n) is 9.18. The molecule has 0 bridgehead atoms. The van der Waals surface area contributed by atoms with E-state index in [9.17, 15) is 9.59 Å². The van der Waals surface area contributed by atoms with Crippen LogP contribution in [0.3, 0.4) is 0 Å². The molecule has 0 spiro atoms. The third-order valence-electron chi connectivity index (χ3n) is 2.11. The topological polar surface area (TPSA) is 70.2 Å². The van der Waals surface area contributed by atoms with Crippen molar-refractivity contribution in [2.24, 2.45) is 0 Å². The molecule has 0 aromatic carbocycles.